The molecule has 0 radical (unpaired) electrons. The molecule has 0 saturated carbocycles. The summed E-state index contributed by atoms with van der Waals surface area (Å²) in [7, 11) is 0. The Morgan fingerprint density at radius 3 is 2.57 bits per heavy atom. The normalized spacial score (nSPS) is 10.5. The van der Waals surface area contributed by atoms with E-state index in [0.29, 0.717) is 11.0 Å². The van der Waals surface area contributed by atoms with Crippen molar-refractivity contribution >= 4 is 27.5 Å². The van der Waals surface area contributed by atoms with Crippen LogP contribution in [-0.4, -0.2) is 12.5 Å². The summed E-state index contributed by atoms with van der Waals surface area (Å²) < 4.78 is 14.6. The molecule has 0 N–H and O–H groups in total. The number of benzene rings is 2. The number of nitrogens with zero attached hydrogens (tertiary/aromatic N) is 1. The fourth-order valence-corrected chi connectivity index (χ4v) is 2.60. The molecule has 0 bridgehead atoms. The van der Waals surface area contributed by atoms with E-state index in [1.807, 2.05) is 39.0 Å². The van der Waals surface area contributed by atoms with Crippen LogP contribution in [-0.2, 0) is 0 Å². The van der Waals surface area contributed by atoms with Crippen molar-refractivity contribution in [3.8, 4) is 0 Å². The van der Waals surface area contributed by atoms with Crippen LogP contribution >= 0.6 is 15.9 Å². The van der Waals surface area contributed by atoms with E-state index in [-0.39, 0.29) is 11.5 Å². The first-order chi connectivity index (χ1) is 9.93. The van der Waals surface area contributed by atoms with Gasteiger partial charge in [0.1, 0.15) is 5.82 Å². The molecule has 2 aromatic rings. The van der Waals surface area contributed by atoms with Crippen molar-refractivity contribution in [3.05, 3.63) is 63.4 Å². The highest BCUT2D eigenvalue weighted by molar-refractivity contribution is 9.10. The lowest BCUT2D eigenvalue weighted by Gasteiger charge is -2.24. The third-order valence-electron chi connectivity index (χ3n) is 3.38. The second-order valence-electron chi connectivity index (χ2n) is 4.96. The maximum absolute atomic E-state index is 13.9. The molecule has 21 heavy (non-hydrogen) atoms. The lowest BCUT2D eigenvalue weighted by molar-refractivity contribution is 0.0984. The second kappa shape index (κ2) is 6.39. The highest BCUT2D eigenvalue weighted by Crippen LogP contribution is 2.25. The Labute approximate surface area is 132 Å². The molecule has 2 nitrogen and oxygen atoms in total. The number of hydrogen-bond acceptors (Lipinski definition) is 1. The van der Waals surface area contributed by atoms with E-state index in [2.05, 4.69) is 15.9 Å². The molecule has 2 aromatic carbocycles. The van der Waals surface area contributed by atoms with Gasteiger partial charge in [-0.3, -0.25) is 4.79 Å². The topological polar surface area (TPSA) is 20.3 Å². The molecule has 0 fully saturated rings. The Morgan fingerprint density at radius 1 is 1.19 bits per heavy atom. The zero-order valence-corrected chi connectivity index (χ0v) is 13.9. The van der Waals surface area contributed by atoms with Gasteiger partial charge in [0.2, 0.25) is 0 Å². The van der Waals surface area contributed by atoms with Gasteiger partial charge in [-0.15, -0.1) is 0 Å². The minimum absolute atomic E-state index is 0.0760. The fourth-order valence-electron chi connectivity index (χ4n) is 2.24. The van der Waals surface area contributed by atoms with E-state index >= 15 is 0 Å². The van der Waals surface area contributed by atoms with Crippen LogP contribution in [0.5, 0.6) is 0 Å². The molecule has 0 saturated heterocycles. The Balaban J connectivity index is 2.48. The van der Waals surface area contributed by atoms with Crippen molar-refractivity contribution in [3.63, 3.8) is 0 Å². The molecule has 0 aromatic heterocycles. The van der Waals surface area contributed by atoms with Crippen LogP contribution in [0.1, 0.15) is 28.4 Å². The predicted molar refractivity (Wildman–Crippen MR) is 87.4 cm³/mol. The standard InChI is InChI=1S/C17H17BrFNO/c1-4-20(16-9-11(2)5-6-12(16)3)17(21)14-10-13(18)7-8-15(14)19/h5-10H,4H2,1-3H3. The van der Waals surface area contributed by atoms with Crippen molar-refractivity contribution in [2.24, 2.45) is 0 Å². The lowest BCUT2D eigenvalue weighted by atomic mass is 10.1. The van der Waals surface area contributed by atoms with Gasteiger partial charge < -0.3 is 4.90 Å². The summed E-state index contributed by atoms with van der Waals surface area (Å²) in [6.07, 6.45) is 0. The van der Waals surface area contributed by atoms with E-state index < -0.39 is 5.82 Å². The smallest absolute Gasteiger partial charge is 0.261 e. The van der Waals surface area contributed by atoms with E-state index in [0.717, 1.165) is 16.8 Å². The number of carbonyl (C=O) groups excluding carboxylic acids is 1. The summed E-state index contributed by atoms with van der Waals surface area (Å²) in [6.45, 7) is 6.29. The summed E-state index contributed by atoms with van der Waals surface area (Å²) >= 11 is 3.28. The summed E-state index contributed by atoms with van der Waals surface area (Å²) in [6, 6.07) is 10.3. The first kappa shape index (κ1) is 15.7. The lowest BCUT2D eigenvalue weighted by Crippen LogP contribution is -2.32. The first-order valence-corrected chi connectivity index (χ1v) is 7.57. The van der Waals surface area contributed by atoms with Gasteiger partial charge in [-0.2, -0.15) is 0 Å². The number of anilines is 1. The number of hydrogen-bond donors (Lipinski definition) is 0. The number of rotatable bonds is 3. The summed E-state index contributed by atoms with van der Waals surface area (Å²) in [4.78, 5) is 14.3. The van der Waals surface area contributed by atoms with Crippen molar-refractivity contribution in [1.29, 1.82) is 0 Å². The number of amides is 1. The maximum atomic E-state index is 13.9. The van der Waals surface area contributed by atoms with E-state index in [9.17, 15) is 9.18 Å². The zero-order valence-electron chi connectivity index (χ0n) is 12.3. The van der Waals surface area contributed by atoms with E-state index in [1.54, 1.807) is 11.0 Å². The molecule has 4 heteroatoms. The van der Waals surface area contributed by atoms with Gasteiger partial charge in [-0.05, 0) is 56.2 Å². The van der Waals surface area contributed by atoms with Gasteiger partial charge in [0.05, 0.1) is 5.56 Å². The minimum atomic E-state index is -0.507. The van der Waals surface area contributed by atoms with Crippen molar-refractivity contribution in [1.82, 2.24) is 0 Å². The average molecular weight is 350 g/mol. The molecule has 0 unspecified atom stereocenters. The van der Waals surface area contributed by atoms with Gasteiger partial charge in [0.15, 0.2) is 0 Å². The molecular weight excluding hydrogens is 333 g/mol. The minimum Gasteiger partial charge on any atom is -0.308 e. The summed E-state index contributed by atoms with van der Waals surface area (Å²) in [5, 5.41) is 0. The molecule has 1 amide bonds. The van der Waals surface area contributed by atoms with Crippen molar-refractivity contribution in [2.75, 3.05) is 11.4 Å². The maximum Gasteiger partial charge on any atom is 0.261 e. The SMILES string of the molecule is CCN(C(=O)c1cc(Br)ccc1F)c1cc(C)ccc1C. The average Bonchev–Trinajstić information content (AvgIpc) is 2.46. The van der Waals surface area contributed by atoms with Crippen LogP contribution in [0.25, 0.3) is 0 Å². The largest absolute Gasteiger partial charge is 0.308 e. The molecule has 0 atom stereocenters. The Bertz CT molecular complexity index is 684. The molecule has 0 spiro atoms. The molecule has 0 aliphatic heterocycles. The first-order valence-electron chi connectivity index (χ1n) is 6.78. The van der Waals surface area contributed by atoms with Crippen LogP contribution in [0.15, 0.2) is 40.9 Å². The number of carbonyl (C=O) groups is 1. The second-order valence-corrected chi connectivity index (χ2v) is 5.88. The van der Waals surface area contributed by atoms with Crippen LogP contribution in [0.3, 0.4) is 0 Å². The van der Waals surface area contributed by atoms with Crippen molar-refractivity contribution in [2.45, 2.75) is 20.8 Å². The monoisotopic (exact) mass is 349 g/mol. The van der Waals surface area contributed by atoms with Gasteiger partial charge in [-0.25, -0.2) is 4.39 Å². The molecule has 0 aliphatic carbocycles. The third kappa shape index (κ3) is 3.32. The van der Waals surface area contributed by atoms with Gasteiger partial charge in [0, 0.05) is 16.7 Å². The Morgan fingerprint density at radius 2 is 1.90 bits per heavy atom. The summed E-state index contributed by atoms with van der Waals surface area (Å²) in [5.41, 5.74) is 2.96. The van der Waals surface area contributed by atoms with Gasteiger partial charge in [0.25, 0.3) is 5.91 Å². The van der Waals surface area contributed by atoms with Crippen molar-refractivity contribution < 1.29 is 9.18 Å². The van der Waals surface area contributed by atoms with Gasteiger partial charge >= 0.3 is 0 Å². The predicted octanol–water partition coefficient (Wildman–Crippen LogP) is 4.87. The summed E-state index contributed by atoms with van der Waals surface area (Å²) in [5.74, 6) is -0.836. The fraction of sp³-hybridized carbons (Fsp3) is 0.235. The van der Waals surface area contributed by atoms with E-state index in [4.69, 9.17) is 0 Å². The Hall–Kier alpha value is -1.68. The number of aryl methyl sites for hydroxylation is 2. The van der Waals surface area contributed by atoms with Crippen LogP contribution in [0.4, 0.5) is 10.1 Å². The quantitative estimate of drug-likeness (QED) is 0.773. The molecule has 2 rings (SSSR count). The van der Waals surface area contributed by atoms with Gasteiger partial charge in [-0.1, -0.05) is 28.1 Å². The highest BCUT2D eigenvalue weighted by Gasteiger charge is 2.21. The van der Waals surface area contributed by atoms with Crippen LogP contribution in [0.2, 0.25) is 0 Å². The molecule has 110 valence electrons. The van der Waals surface area contributed by atoms with Crippen LogP contribution in [0, 0.1) is 19.7 Å². The van der Waals surface area contributed by atoms with Crippen LogP contribution < -0.4 is 4.90 Å². The number of halogens is 2. The molecular formula is C17H17BrFNO. The highest BCUT2D eigenvalue weighted by atomic mass is 79.9. The molecule has 0 heterocycles. The zero-order chi connectivity index (χ0) is 15.6. The third-order valence-corrected chi connectivity index (χ3v) is 3.87. The van der Waals surface area contributed by atoms with E-state index in [1.165, 1.54) is 12.1 Å². The molecule has 0 aliphatic rings. The Kier molecular flexibility index (Phi) is 4.78.